The number of rotatable bonds is 14. The van der Waals surface area contributed by atoms with Crippen LogP contribution >= 0.6 is 0 Å². The number of para-hydroxylation sites is 3. The van der Waals surface area contributed by atoms with E-state index in [4.69, 9.17) is 19.4 Å². The topological polar surface area (TPSA) is 106 Å². The van der Waals surface area contributed by atoms with E-state index in [-0.39, 0.29) is 11.7 Å². The lowest BCUT2D eigenvalue weighted by molar-refractivity contribution is -0.118. The number of hydrogen-bond acceptors (Lipinski definition) is 8. The minimum absolute atomic E-state index is 0.0512. The van der Waals surface area contributed by atoms with Crippen LogP contribution in [0.1, 0.15) is 31.7 Å². The molecule has 4 aromatic carbocycles. The molecule has 0 saturated heterocycles. The van der Waals surface area contributed by atoms with Crippen molar-refractivity contribution in [2.45, 2.75) is 31.1 Å². The van der Waals surface area contributed by atoms with Crippen molar-refractivity contribution in [3.8, 4) is 11.5 Å². The molecule has 0 bridgehead atoms. The SMILES string of the molecule is CCN(CC(=O)CC(C)c1cccc(S(=O)Nc2nc3ccccc3nc2Nc2cc(OC)cc(OC)c2)c1)c1ccccc1. The number of ketones is 1. The minimum Gasteiger partial charge on any atom is -0.497 e. The summed E-state index contributed by atoms with van der Waals surface area (Å²) in [7, 11) is 1.50. The molecule has 5 rings (SSSR count). The lowest BCUT2D eigenvalue weighted by Gasteiger charge is -2.23. The normalized spacial score (nSPS) is 12.3. The second kappa shape index (κ2) is 14.7. The second-order valence-electron chi connectivity index (χ2n) is 10.6. The fourth-order valence-electron chi connectivity index (χ4n) is 5.02. The smallest absolute Gasteiger partial charge is 0.182 e. The largest absolute Gasteiger partial charge is 0.497 e. The molecule has 0 radical (unpaired) electrons. The van der Waals surface area contributed by atoms with E-state index in [0.717, 1.165) is 17.8 Å². The third kappa shape index (κ3) is 7.96. The average molecular weight is 624 g/mol. The summed E-state index contributed by atoms with van der Waals surface area (Å²) >= 11 is 0. The van der Waals surface area contributed by atoms with Crippen molar-refractivity contribution in [1.29, 1.82) is 0 Å². The van der Waals surface area contributed by atoms with Crippen LogP contribution in [0.25, 0.3) is 11.0 Å². The average Bonchev–Trinajstić information content (AvgIpc) is 3.07. The quantitative estimate of drug-likeness (QED) is 0.135. The van der Waals surface area contributed by atoms with Crippen LogP contribution in [0.5, 0.6) is 11.5 Å². The Labute approximate surface area is 266 Å². The highest BCUT2D eigenvalue weighted by atomic mass is 32.2. The molecule has 0 saturated carbocycles. The number of carbonyl (C=O) groups excluding carboxylic acids is 1. The first-order valence-corrected chi connectivity index (χ1v) is 15.9. The highest BCUT2D eigenvalue weighted by molar-refractivity contribution is 7.86. The molecule has 1 aromatic heterocycles. The molecule has 0 aliphatic carbocycles. The van der Waals surface area contributed by atoms with Gasteiger partial charge in [0, 0.05) is 42.5 Å². The van der Waals surface area contributed by atoms with E-state index in [9.17, 15) is 9.00 Å². The summed E-state index contributed by atoms with van der Waals surface area (Å²) in [6, 6.07) is 30.3. The third-order valence-electron chi connectivity index (χ3n) is 7.42. The summed E-state index contributed by atoms with van der Waals surface area (Å²) in [4.78, 5) is 25.2. The van der Waals surface area contributed by atoms with Gasteiger partial charge in [0.15, 0.2) is 28.4 Å². The van der Waals surface area contributed by atoms with Crippen LogP contribution in [-0.4, -0.2) is 47.3 Å². The Bertz CT molecular complexity index is 1780. The van der Waals surface area contributed by atoms with Crippen molar-refractivity contribution in [3.05, 3.63) is 103 Å². The molecule has 232 valence electrons. The number of aromatic nitrogens is 2. The van der Waals surface area contributed by atoms with Crippen molar-refractivity contribution in [2.75, 3.05) is 42.2 Å². The highest BCUT2D eigenvalue weighted by Crippen LogP contribution is 2.31. The van der Waals surface area contributed by atoms with Gasteiger partial charge in [-0.25, -0.2) is 14.2 Å². The van der Waals surface area contributed by atoms with Gasteiger partial charge in [0.2, 0.25) is 0 Å². The molecular formula is C35H37N5O4S. The van der Waals surface area contributed by atoms with Gasteiger partial charge in [-0.2, -0.15) is 0 Å². The van der Waals surface area contributed by atoms with Gasteiger partial charge < -0.3 is 19.7 Å². The van der Waals surface area contributed by atoms with E-state index in [1.165, 1.54) is 0 Å². The van der Waals surface area contributed by atoms with Crippen LogP contribution in [0.3, 0.4) is 0 Å². The number of nitrogens with one attached hydrogen (secondary N) is 2. The number of nitrogens with zero attached hydrogens (tertiary/aromatic N) is 3. The van der Waals surface area contributed by atoms with Crippen molar-refractivity contribution in [3.63, 3.8) is 0 Å². The van der Waals surface area contributed by atoms with Crippen molar-refractivity contribution in [2.24, 2.45) is 0 Å². The number of fused-ring (bicyclic) bond motifs is 1. The zero-order chi connectivity index (χ0) is 31.8. The van der Waals surface area contributed by atoms with Crippen molar-refractivity contribution < 1.29 is 18.5 Å². The van der Waals surface area contributed by atoms with E-state index in [1.807, 2.05) is 98.8 Å². The molecule has 0 amide bonds. The van der Waals surface area contributed by atoms with E-state index in [2.05, 4.69) is 14.9 Å². The van der Waals surface area contributed by atoms with Gasteiger partial charge in [0.1, 0.15) is 11.5 Å². The number of methoxy groups -OCH3 is 2. The van der Waals surface area contributed by atoms with E-state index >= 15 is 0 Å². The Morgan fingerprint density at radius 1 is 0.844 bits per heavy atom. The molecule has 9 nitrogen and oxygen atoms in total. The van der Waals surface area contributed by atoms with Gasteiger partial charge in [-0.05, 0) is 54.8 Å². The van der Waals surface area contributed by atoms with Crippen LogP contribution in [0.4, 0.5) is 23.0 Å². The first kappa shape index (κ1) is 31.5. The molecule has 45 heavy (non-hydrogen) atoms. The summed E-state index contributed by atoms with van der Waals surface area (Å²) < 4.78 is 27.6. The van der Waals surface area contributed by atoms with Gasteiger partial charge in [0.05, 0.1) is 36.7 Å². The number of Topliss-reactive ketones (excluding diaryl/α,β-unsaturated/α-hetero) is 1. The highest BCUT2D eigenvalue weighted by Gasteiger charge is 2.18. The Balaban J connectivity index is 1.34. The number of ether oxygens (including phenoxy) is 2. The third-order valence-corrected chi connectivity index (χ3v) is 8.48. The summed E-state index contributed by atoms with van der Waals surface area (Å²) in [5.41, 5.74) is 3.97. The molecule has 2 atom stereocenters. The monoisotopic (exact) mass is 623 g/mol. The van der Waals surface area contributed by atoms with Crippen LogP contribution in [0.15, 0.2) is 102 Å². The van der Waals surface area contributed by atoms with Gasteiger partial charge in [-0.1, -0.05) is 49.4 Å². The zero-order valence-electron chi connectivity index (χ0n) is 25.8. The van der Waals surface area contributed by atoms with Gasteiger partial charge in [-0.15, -0.1) is 0 Å². The standard InChI is InChI=1S/C35H37N5O4S/c1-5-40(27-13-7-6-8-14-27)23-28(41)18-24(2)25-12-11-15-31(19-25)45(42)39-35-34(37-32-16-9-10-17-33(32)38-35)36-26-20-29(43-3)22-30(21-26)44-4/h6-17,19-22,24H,5,18,23H2,1-4H3,(H,36,37)(H,38,39). The molecule has 2 unspecified atom stereocenters. The summed E-state index contributed by atoms with van der Waals surface area (Å²) in [5.74, 6) is 2.03. The molecule has 0 spiro atoms. The lowest BCUT2D eigenvalue weighted by Crippen LogP contribution is -2.30. The number of likely N-dealkylation sites (N-methyl/N-ethyl adjacent to an activating group) is 1. The van der Waals surface area contributed by atoms with E-state index < -0.39 is 11.0 Å². The molecule has 1 heterocycles. The van der Waals surface area contributed by atoms with Gasteiger partial charge in [-0.3, -0.25) is 9.52 Å². The predicted octanol–water partition coefficient (Wildman–Crippen LogP) is 7.11. The molecule has 0 fully saturated rings. The Morgan fingerprint density at radius 2 is 1.49 bits per heavy atom. The Morgan fingerprint density at radius 3 is 2.13 bits per heavy atom. The van der Waals surface area contributed by atoms with Crippen LogP contribution < -0.4 is 24.4 Å². The van der Waals surface area contributed by atoms with Gasteiger partial charge in [0.25, 0.3) is 0 Å². The maximum absolute atomic E-state index is 13.7. The fraction of sp³-hybridized carbons (Fsp3) is 0.229. The number of benzene rings is 4. The van der Waals surface area contributed by atoms with Gasteiger partial charge >= 0.3 is 0 Å². The molecule has 0 aliphatic rings. The molecule has 0 aliphatic heterocycles. The van der Waals surface area contributed by atoms with Crippen LogP contribution in [0, 0.1) is 0 Å². The predicted molar refractivity (Wildman–Crippen MR) is 181 cm³/mol. The lowest BCUT2D eigenvalue weighted by atomic mass is 9.95. The first-order valence-electron chi connectivity index (χ1n) is 14.7. The maximum atomic E-state index is 13.7. The van der Waals surface area contributed by atoms with E-state index in [1.54, 1.807) is 26.4 Å². The summed E-state index contributed by atoms with van der Waals surface area (Å²) in [6.45, 7) is 5.15. The Hall–Kier alpha value is -4.96. The van der Waals surface area contributed by atoms with Crippen molar-refractivity contribution in [1.82, 2.24) is 9.97 Å². The van der Waals surface area contributed by atoms with Crippen LogP contribution in [-0.2, 0) is 15.8 Å². The number of carbonyl (C=O) groups is 1. The molecule has 2 N–H and O–H groups in total. The minimum atomic E-state index is -1.67. The number of anilines is 4. The molecule has 10 heteroatoms. The fourth-order valence-corrected chi connectivity index (χ4v) is 5.90. The number of hydrogen-bond donors (Lipinski definition) is 2. The second-order valence-corrected chi connectivity index (χ2v) is 11.8. The Kier molecular flexibility index (Phi) is 10.3. The van der Waals surface area contributed by atoms with Crippen molar-refractivity contribution >= 4 is 50.8 Å². The maximum Gasteiger partial charge on any atom is 0.182 e. The molecular weight excluding hydrogens is 586 g/mol. The zero-order valence-corrected chi connectivity index (χ0v) is 26.6. The van der Waals surface area contributed by atoms with Crippen LogP contribution in [0.2, 0.25) is 0 Å². The summed E-state index contributed by atoms with van der Waals surface area (Å²) in [5, 5.41) is 3.28. The van der Waals surface area contributed by atoms with E-state index in [0.29, 0.717) is 57.7 Å². The molecule has 5 aromatic rings. The summed E-state index contributed by atoms with van der Waals surface area (Å²) in [6.07, 6.45) is 0.376. The first-order chi connectivity index (χ1) is 21.9.